The van der Waals surface area contributed by atoms with Gasteiger partial charge >= 0.3 is 5.97 Å². The van der Waals surface area contributed by atoms with Crippen LogP contribution in [-0.4, -0.2) is 23.3 Å². The van der Waals surface area contributed by atoms with Gasteiger partial charge in [-0.1, -0.05) is 6.92 Å². The van der Waals surface area contributed by atoms with Crippen molar-refractivity contribution in [1.29, 1.82) is 0 Å². The van der Waals surface area contributed by atoms with Crippen LogP contribution in [0.3, 0.4) is 0 Å². The van der Waals surface area contributed by atoms with Crippen molar-refractivity contribution in [3.8, 4) is 0 Å². The number of esters is 1. The zero-order valence-corrected chi connectivity index (χ0v) is 10.4. The number of carbonyl (C=O) groups excluding carboxylic acids is 2. The summed E-state index contributed by atoms with van der Waals surface area (Å²) in [5.74, 6) is -0.711. The molecule has 4 nitrogen and oxygen atoms in total. The van der Waals surface area contributed by atoms with Gasteiger partial charge in [-0.2, -0.15) is 0 Å². The van der Waals surface area contributed by atoms with Gasteiger partial charge in [0.1, 0.15) is 6.42 Å². The Hall–Kier alpha value is -1.71. The van der Waals surface area contributed by atoms with Gasteiger partial charge in [-0.3, -0.25) is 14.6 Å². The maximum Gasteiger partial charge on any atom is 0.313 e. The summed E-state index contributed by atoms with van der Waals surface area (Å²) < 4.78 is 4.76. The van der Waals surface area contributed by atoms with Crippen molar-refractivity contribution in [2.24, 2.45) is 0 Å². The third-order valence-electron chi connectivity index (χ3n) is 2.35. The summed E-state index contributed by atoms with van der Waals surface area (Å²) in [6.45, 7) is 5.80. The van der Waals surface area contributed by atoms with Crippen LogP contribution in [-0.2, 0) is 16.0 Å². The standard InChI is InChI=1S/C13H17NO3/c1-4-11-10(6-9(3)8-14-11)12(15)7-13(16)17-5-2/h6,8H,4-5,7H2,1-3H3. The van der Waals surface area contributed by atoms with Crippen LogP contribution in [0.2, 0.25) is 0 Å². The van der Waals surface area contributed by atoms with Crippen LogP contribution in [0.25, 0.3) is 0 Å². The normalized spacial score (nSPS) is 10.1. The molecule has 0 N–H and O–H groups in total. The number of ether oxygens (including phenoxy) is 1. The van der Waals surface area contributed by atoms with Crippen LogP contribution in [0.4, 0.5) is 0 Å². The van der Waals surface area contributed by atoms with Crippen molar-refractivity contribution in [2.75, 3.05) is 6.61 Å². The molecule has 17 heavy (non-hydrogen) atoms. The summed E-state index contributed by atoms with van der Waals surface area (Å²) in [4.78, 5) is 27.4. The van der Waals surface area contributed by atoms with E-state index >= 15 is 0 Å². The third-order valence-corrected chi connectivity index (χ3v) is 2.35. The summed E-state index contributed by atoms with van der Waals surface area (Å²) in [7, 11) is 0. The number of ketones is 1. The van der Waals surface area contributed by atoms with Gasteiger partial charge in [-0.25, -0.2) is 0 Å². The van der Waals surface area contributed by atoms with Crippen molar-refractivity contribution in [1.82, 2.24) is 4.98 Å². The lowest BCUT2D eigenvalue weighted by Gasteiger charge is -2.07. The highest BCUT2D eigenvalue weighted by Gasteiger charge is 2.16. The first-order valence-corrected chi connectivity index (χ1v) is 5.72. The van der Waals surface area contributed by atoms with Crippen LogP contribution in [0.1, 0.15) is 41.9 Å². The Kier molecular flexibility index (Phi) is 4.82. The highest BCUT2D eigenvalue weighted by Crippen LogP contribution is 2.12. The molecule has 1 aromatic rings. The van der Waals surface area contributed by atoms with Gasteiger partial charge in [0, 0.05) is 11.8 Å². The number of aryl methyl sites for hydroxylation is 2. The highest BCUT2D eigenvalue weighted by atomic mass is 16.5. The molecule has 0 aromatic carbocycles. The molecule has 1 heterocycles. The van der Waals surface area contributed by atoms with E-state index in [1.54, 1.807) is 19.2 Å². The second-order valence-corrected chi connectivity index (χ2v) is 3.77. The molecule has 4 heteroatoms. The van der Waals surface area contributed by atoms with Gasteiger partial charge < -0.3 is 4.74 Å². The number of pyridine rings is 1. The lowest BCUT2D eigenvalue weighted by atomic mass is 10.0. The molecule has 0 aliphatic heterocycles. The smallest absolute Gasteiger partial charge is 0.313 e. The lowest BCUT2D eigenvalue weighted by molar-refractivity contribution is -0.141. The molecule has 1 rings (SSSR count). The van der Waals surface area contributed by atoms with Crippen molar-refractivity contribution in [2.45, 2.75) is 33.6 Å². The summed E-state index contributed by atoms with van der Waals surface area (Å²) in [5.41, 5.74) is 2.17. The first-order chi connectivity index (χ1) is 8.08. The molecule has 0 unspecified atom stereocenters. The topological polar surface area (TPSA) is 56.3 Å². The molecule has 0 spiro atoms. The zero-order valence-electron chi connectivity index (χ0n) is 10.4. The van der Waals surface area contributed by atoms with Crippen molar-refractivity contribution >= 4 is 11.8 Å². The largest absolute Gasteiger partial charge is 0.466 e. The predicted molar refractivity (Wildman–Crippen MR) is 63.9 cm³/mol. The number of carbonyl (C=O) groups is 2. The Bertz CT molecular complexity index is 427. The average Bonchev–Trinajstić information content (AvgIpc) is 2.29. The Balaban J connectivity index is 2.87. The molecule has 0 saturated carbocycles. The van der Waals surface area contributed by atoms with Crippen LogP contribution >= 0.6 is 0 Å². The van der Waals surface area contributed by atoms with Crippen molar-refractivity contribution < 1.29 is 14.3 Å². The Labute approximate surface area is 101 Å². The van der Waals surface area contributed by atoms with E-state index in [1.807, 2.05) is 13.8 Å². The molecule has 1 aromatic heterocycles. The number of hydrogen-bond donors (Lipinski definition) is 0. The highest BCUT2D eigenvalue weighted by molar-refractivity contribution is 6.06. The maximum absolute atomic E-state index is 11.9. The molecule has 0 aliphatic rings. The van der Waals surface area contributed by atoms with E-state index < -0.39 is 5.97 Å². The van der Waals surface area contributed by atoms with Crippen LogP contribution in [0, 0.1) is 6.92 Å². The van der Waals surface area contributed by atoms with E-state index in [0.717, 1.165) is 11.3 Å². The van der Waals surface area contributed by atoms with Crippen LogP contribution in [0.5, 0.6) is 0 Å². The molecule has 0 fully saturated rings. The van der Waals surface area contributed by atoms with E-state index in [0.29, 0.717) is 18.6 Å². The maximum atomic E-state index is 11.9. The number of aromatic nitrogens is 1. The lowest BCUT2D eigenvalue weighted by Crippen LogP contribution is -2.13. The molecule has 0 amide bonds. The van der Waals surface area contributed by atoms with Crippen molar-refractivity contribution in [3.63, 3.8) is 0 Å². The molecular weight excluding hydrogens is 218 g/mol. The van der Waals surface area contributed by atoms with Gasteiger partial charge in [0.05, 0.1) is 12.3 Å². The molecule has 0 saturated heterocycles. The van der Waals surface area contributed by atoms with Gasteiger partial charge in [0.15, 0.2) is 5.78 Å². The van der Waals surface area contributed by atoms with E-state index in [2.05, 4.69) is 4.98 Å². The van der Waals surface area contributed by atoms with E-state index in [4.69, 9.17) is 4.74 Å². The van der Waals surface area contributed by atoms with E-state index in [-0.39, 0.29) is 12.2 Å². The number of rotatable bonds is 5. The fourth-order valence-electron chi connectivity index (χ4n) is 1.56. The fraction of sp³-hybridized carbons (Fsp3) is 0.462. The molecule has 0 bridgehead atoms. The van der Waals surface area contributed by atoms with Crippen LogP contribution in [0.15, 0.2) is 12.3 Å². The third kappa shape index (κ3) is 3.66. The minimum atomic E-state index is -0.485. The SMILES string of the molecule is CCOC(=O)CC(=O)c1cc(C)cnc1CC. The Morgan fingerprint density at radius 1 is 1.35 bits per heavy atom. The average molecular weight is 235 g/mol. The summed E-state index contributed by atoms with van der Waals surface area (Å²) in [5, 5.41) is 0. The monoisotopic (exact) mass is 235 g/mol. The number of hydrogen-bond acceptors (Lipinski definition) is 4. The minimum Gasteiger partial charge on any atom is -0.466 e. The first-order valence-electron chi connectivity index (χ1n) is 5.72. The minimum absolute atomic E-state index is 0.216. The molecule has 0 radical (unpaired) electrons. The summed E-state index contributed by atoms with van der Waals surface area (Å²) in [6, 6.07) is 1.77. The van der Waals surface area contributed by atoms with Gasteiger partial charge in [-0.05, 0) is 31.9 Å². The number of nitrogens with zero attached hydrogens (tertiary/aromatic N) is 1. The van der Waals surface area contributed by atoms with Gasteiger partial charge in [0.25, 0.3) is 0 Å². The van der Waals surface area contributed by atoms with Crippen molar-refractivity contribution in [3.05, 3.63) is 29.1 Å². The van der Waals surface area contributed by atoms with E-state index in [1.165, 1.54) is 0 Å². The quantitative estimate of drug-likeness (QED) is 0.445. The zero-order chi connectivity index (χ0) is 12.8. The second-order valence-electron chi connectivity index (χ2n) is 3.77. The predicted octanol–water partition coefficient (Wildman–Crippen LogP) is 2.09. The van der Waals surface area contributed by atoms with E-state index in [9.17, 15) is 9.59 Å². The number of Topliss-reactive ketones (excluding diaryl/α,β-unsaturated/α-hetero) is 1. The summed E-state index contributed by atoms with van der Waals surface area (Å²) >= 11 is 0. The first kappa shape index (κ1) is 13.4. The summed E-state index contributed by atoms with van der Waals surface area (Å²) in [6.07, 6.45) is 2.18. The van der Waals surface area contributed by atoms with Gasteiger partial charge in [0.2, 0.25) is 0 Å². The molecule has 0 aliphatic carbocycles. The second kappa shape index (κ2) is 6.13. The Morgan fingerprint density at radius 3 is 2.65 bits per heavy atom. The Morgan fingerprint density at radius 2 is 2.06 bits per heavy atom. The fourth-order valence-corrected chi connectivity index (χ4v) is 1.56. The molecular formula is C13H17NO3. The van der Waals surface area contributed by atoms with Gasteiger partial charge in [-0.15, -0.1) is 0 Å². The van der Waals surface area contributed by atoms with Crippen LogP contribution < -0.4 is 0 Å². The molecule has 0 atom stereocenters. The molecule has 92 valence electrons.